The molecule has 1 aromatic carbocycles. The van der Waals surface area contributed by atoms with Crippen molar-refractivity contribution in [1.29, 1.82) is 0 Å². The molecule has 1 aromatic heterocycles. The van der Waals surface area contributed by atoms with Crippen molar-refractivity contribution in [2.45, 2.75) is 50.8 Å². The van der Waals surface area contributed by atoms with Crippen LogP contribution in [0.4, 0.5) is 0 Å². The van der Waals surface area contributed by atoms with Crippen molar-refractivity contribution >= 4 is 16.8 Å². The summed E-state index contributed by atoms with van der Waals surface area (Å²) in [7, 11) is 3.71. The summed E-state index contributed by atoms with van der Waals surface area (Å²) < 4.78 is 12.9. The number of hydrogen-bond acceptors (Lipinski definition) is 5. The number of fused-ring (bicyclic) bond motifs is 1. The van der Waals surface area contributed by atoms with Gasteiger partial charge in [0.05, 0.1) is 23.9 Å². The molecule has 2 aromatic rings. The van der Waals surface area contributed by atoms with Crippen molar-refractivity contribution in [2.24, 2.45) is 7.05 Å². The largest absolute Gasteiger partial charge is 0.385 e. The molecule has 2 fully saturated rings. The number of aromatic nitrogens is 2. The lowest BCUT2D eigenvalue weighted by Crippen LogP contribution is -2.50. The Kier molecular flexibility index (Phi) is 6.18. The standard InChI is InChI=1S/C22H32N4O3/c1-15(26(17-7-8-17)22(27)21-14-23-10-12-29-21)16-6-9-20-18(13-16)19(24-25(20)2)5-4-11-28-3/h6,9,13,15,17,21,23H,4-5,7-8,10-12,14H2,1-3H3/t15-,21-/m1/s1. The fraction of sp³-hybridized carbons (Fsp3) is 0.636. The van der Waals surface area contributed by atoms with Crippen LogP contribution in [-0.2, 0) is 27.7 Å². The quantitative estimate of drug-likeness (QED) is 0.688. The second kappa shape index (κ2) is 8.81. The first kappa shape index (κ1) is 20.3. The summed E-state index contributed by atoms with van der Waals surface area (Å²) in [6.07, 6.45) is 3.61. The Morgan fingerprint density at radius 1 is 1.45 bits per heavy atom. The van der Waals surface area contributed by atoms with Gasteiger partial charge in [-0.1, -0.05) is 6.07 Å². The highest BCUT2D eigenvalue weighted by molar-refractivity contribution is 5.84. The second-order valence-electron chi connectivity index (χ2n) is 8.16. The lowest BCUT2D eigenvalue weighted by atomic mass is 10.0. The van der Waals surface area contributed by atoms with Gasteiger partial charge in [-0.3, -0.25) is 9.48 Å². The monoisotopic (exact) mass is 400 g/mol. The first-order valence-electron chi connectivity index (χ1n) is 10.7. The lowest BCUT2D eigenvalue weighted by molar-refractivity contribution is -0.148. The minimum absolute atomic E-state index is 0.0111. The highest BCUT2D eigenvalue weighted by Crippen LogP contribution is 2.36. The average Bonchev–Trinajstić information content (AvgIpc) is 3.53. The van der Waals surface area contributed by atoms with E-state index < -0.39 is 0 Å². The third-order valence-electron chi connectivity index (χ3n) is 6.01. The van der Waals surface area contributed by atoms with Crippen molar-refractivity contribution in [3.63, 3.8) is 0 Å². The van der Waals surface area contributed by atoms with Gasteiger partial charge in [-0.15, -0.1) is 0 Å². The normalized spacial score (nSPS) is 20.7. The van der Waals surface area contributed by atoms with Gasteiger partial charge in [-0.05, 0) is 50.3 Å². The lowest BCUT2D eigenvalue weighted by Gasteiger charge is -2.34. The molecule has 7 nitrogen and oxygen atoms in total. The summed E-state index contributed by atoms with van der Waals surface area (Å²) in [6.45, 7) is 4.87. The van der Waals surface area contributed by atoms with Gasteiger partial charge < -0.3 is 19.7 Å². The summed E-state index contributed by atoms with van der Waals surface area (Å²) in [6, 6.07) is 6.82. The molecule has 2 heterocycles. The number of carbonyl (C=O) groups excluding carboxylic acids is 1. The molecule has 0 radical (unpaired) electrons. The number of aryl methyl sites for hydroxylation is 2. The Labute approximate surface area is 172 Å². The summed E-state index contributed by atoms with van der Waals surface area (Å²) in [5.41, 5.74) is 3.37. The van der Waals surface area contributed by atoms with Crippen LogP contribution in [-0.4, -0.2) is 66.1 Å². The van der Waals surface area contributed by atoms with Gasteiger partial charge in [0.1, 0.15) is 6.10 Å². The summed E-state index contributed by atoms with van der Waals surface area (Å²) in [4.78, 5) is 15.3. The van der Waals surface area contributed by atoms with Gasteiger partial charge in [0.15, 0.2) is 0 Å². The van der Waals surface area contributed by atoms with Gasteiger partial charge in [0.2, 0.25) is 0 Å². The van der Waals surface area contributed by atoms with E-state index >= 15 is 0 Å². The summed E-state index contributed by atoms with van der Waals surface area (Å²) in [5, 5.41) is 9.16. The van der Waals surface area contributed by atoms with E-state index in [1.165, 1.54) is 5.39 Å². The molecule has 1 aliphatic carbocycles. The minimum Gasteiger partial charge on any atom is -0.385 e. The van der Waals surface area contributed by atoms with E-state index in [1.54, 1.807) is 7.11 Å². The minimum atomic E-state index is -0.376. The first-order chi connectivity index (χ1) is 14.1. The third-order valence-corrected chi connectivity index (χ3v) is 6.01. The van der Waals surface area contributed by atoms with Crippen molar-refractivity contribution in [3.05, 3.63) is 29.5 Å². The number of amides is 1. The van der Waals surface area contributed by atoms with Gasteiger partial charge in [0, 0.05) is 45.3 Å². The maximum absolute atomic E-state index is 13.2. The van der Waals surface area contributed by atoms with E-state index in [0.29, 0.717) is 19.2 Å². The molecular formula is C22H32N4O3. The Hall–Kier alpha value is -1.96. The van der Waals surface area contributed by atoms with E-state index in [2.05, 4.69) is 35.3 Å². The molecular weight excluding hydrogens is 368 g/mol. The number of benzene rings is 1. The zero-order chi connectivity index (χ0) is 20.4. The second-order valence-corrected chi connectivity index (χ2v) is 8.16. The van der Waals surface area contributed by atoms with Crippen LogP contribution < -0.4 is 5.32 Å². The molecule has 1 aliphatic heterocycles. The number of hydrogen-bond donors (Lipinski definition) is 1. The Balaban J connectivity index is 1.59. The summed E-state index contributed by atoms with van der Waals surface area (Å²) in [5.74, 6) is 0.110. The van der Waals surface area contributed by atoms with Crippen LogP contribution in [0.15, 0.2) is 18.2 Å². The van der Waals surface area contributed by atoms with Crippen LogP contribution in [0.3, 0.4) is 0 Å². The number of carbonyl (C=O) groups is 1. The van der Waals surface area contributed by atoms with E-state index in [9.17, 15) is 4.79 Å². The molecule has 1 saturated carbocycles. The van der Waals surface area contributed by atoms with Crippen LogP contribution in [0.5, 0.6) is 0 Å². The predicted octanol–water partition coefficient (Wildman–Crippen LogP) is 2.19. The van der Waals surface area contributed by atoms with E-state index in [1.807, 2.05) is 11.7 Å². The molecule has 29 heavy (non-hydrogen) atoms. The van der Waals surface area contributed by atoms with Gasteiger partial charge in [-0.25, -0.2) is 0 Å². The average molecular weight is 401 g/mol. The van der Waals surface area contributed by atoms with Crippen LogP contribution in [0.1, 0.15) is 43.5 Å². The highest BCUT2D eigenvalue weighted by Gasteiger charge is 2.40. The van der Waals surface area contributed by atoms with E-state index in [4.69, 9.17) is 14.6 Å². The van der Waals surface area contributed by atoms with E-state index in [-0.39, 0.29) is 18.1 Å². The number of nitrogens with one attached hydrogen (secondary N) is 1. The number of ether oxygens (including phenoxy) is 2. The number of methoxy groups -OCH3 is 1. The third kappa shape index (κ3) is 4.32. The fourth-order valence-electron chi connectivity index (χ4n) is 4.27. The fourth-order valence-corrected chi connectivity index (χ4v) is 4.27. The van der Waals surface area contributed by atoms with Gasteiger partial charge in [-0.2, -0.15) is 5.10 Å². The molecule has 158 valence electrons. The molecule has 4 rings (SSSR count). The Bertz CT molecular complexity index is 855. The van der Waals surface area contributed by atoms with Crippen LogP contribution in [0.25, 0.3) is 10.9 Å². The van der Waals surface area contributed by atoms with Crippen molar-refractivity contribution in [3.8, 4) is 0 Å². The molecule has 0 unspecified atom stereocenters. The van der Waals surface area contributed by atoms with Gasteiger partial charge in [0.25, 0.3) is 5.91 Å². The number of rotatable bonds is 8. The molecule has 2 aliphatic rings. The molecule has 1 saturated heterocycles. The summed E-state index contributed by atoms with van der Waals surface area (Å²) >= 11 is 0. The Morgan fingerprint density at radius 3 is 2.97 bits per heavy atom. The topological polar surface area (TPSA) is 68.6 Å². The highest BCUT2D eigenvalue weighted by atomic mass is 16.5. The molecule has 1 N–H and O–H groups in total. The zero-order valence-corrected chi connectivity index (χ0v) is 17.7. The van der Waals surface area contributed by atoms with Crippen molar-refractivity contribution in [2.75, 3.05) is 33.4 Å². The number of morpholine rings is 1. The maximum atomic E-state index is 13.2. The van der Waals surface area contributed by atoms with Gasteiger partial charge >= 0.3 is 0 Å². The predicted molar refractivity (Wildman–Crippen MR) is 112 cm³/mol. The van der Waals surface area contributed by atoms with Crippen molar-refractivity contribution < 1.29 is 14.3 Å². The van der Waals surface area contributed by atoms with E-state index in [0.717, 1.165) is 55.6 Å². The van der Waals surface area contributed by atoms with Crippen LogP contribution in [0, 0.1) is 0 Å². The molecule has 2 atom stereocenters. The molecule has 0 spiro atoms. The maximum Gasteiger partial charge on any atom is 0.253 e. The SMILES string of the molecule is COCCCc1nn(C)c2ccc([C@@H](C)N(C(=O)[C@H]3CNCCO3)C3CC3)cc12. The number of nitrogens with zero attached hydrogens (tertiary/aromatic N) is 3. The van der Waals surface area contributed by atoms with Crippen molar-refractivity contribution in [1.82, 2.24) is 20.0 Å². The van der Waals surface area contributed by atoms with Crippen LogP contribution >= 0.6 is 0 Å². The molecule has 1 amide bonds. The first-order valence-corrected chi connectivity index (χ1v) is 10.7. The van der Waals surface area contributed by atoms with Crippen LogP contribution in [0.2, 0.25) is 0 Å². The molecule has 0 bridgehead atoms. The molecule has 7 heteroatoms. The zero-order valence-electron chi connectivity index (χ0n) is 17.7. The Morgan fingerprint density at radius 2 is 2.28 bits per heavy atom. The smallest absolute Gasteiger partial charge is 0.253 e.